The molecule has 0 heterocycles. The third kappa shape index (κ3) is 5.90. The standard InChI is InChI=1S/C9H12O4.2K/c1-5-2-3-6(8(10)11)7(4-5)9(12)13;;/h2-3,5-7H,4H2,1H3,(H,10,11)(H,12,13);;/q;2*+1/p-2. The third-order valence-corrected chi connectivity index (χ3v) is 2.28. The van der Waals surface area contributed by atoms with Crippen molar-refractivity contribution in [1.29, 1.82) is 0 Å². The maximum Gasteiger partial charge on any atom is 1.00 e. The topological polar surface area (TPSA) is 80.3 Å². The van der Waals surface area contributed by atoms with Gasteiger partial charge in [-0.05, 0) is 12.3 Å². The number of carbonyl (C=O) groups is 2. The summed E-state index contributed by atoms with van der Waals surface area (Å²) in [7, 11) is 0. The number of rotatable bonds is 2. The minimum absolute atomic E-state index is 0. The van der Waals surface area contributed by atoms with Crippen molar-refractivity contribution in [1.82, 2.24) is 0 Å². The molecule has 1 rings (SSSR count). The average molecular weight is 260 g/mol. The van der Waals surface area contributed by atoms with E-state index in [9.17, 15) is 19.8 Å². The average Bonchev–Trinajstić information content (AvgIpc) is 2.03. The van der Waals surface area contributed by atoms with Crippen molar-refractivity contribution in [3.63, 3.8) is 0 Å². The third-order valence-electron chi connectivity index (χ3n) is 2.28. The van der Waals surface area contributed by atoms with E-state index >= 15 is 0 Å². The number of hydrogen-bond donors (Lipinski definition) is 0. The van der Waals surface area contributed by atoms with Gasteiger partial charge in [0.15, 0.2) is 0 Å². The number of carboxylic acids is 2. The van der Waals surface area contributed by atoms with Gasteiger partial charge in [0.2, 0.25) is 0 Å². The Morgan fingerprint density at radius 3 is 2.07 bits per heavy atom. The van der Waals surface area contributed by atoms with Crippen LogP contribution in [0.5, 0.6) is 0 Å². The largest absolute Gasteiger partial charge is 1.00 e. The van der Waals surface area contributed by atoms with Gasteiger partial charge in [0.25, 0.3) is 0 Å². The summed E-state index contributed by atoms with van der Waals surface area (Å²) in [4.78, 5) is 21.1. The van der Waals surface area contributed by atoms with Crippen LogP contribution in [0.4, 0.5) is 0 Å². The first-order valence-electron chi connectivity index (χ1n) is 4.12. The number of carboxylic acid groups (broad SMARTS) is 2. The molecule has 1 aliphatic carbocycles. The van der Waals surface area contributed by atoms with Crippen LogP contribution in [0.3, 0.4) is 0 Å². The van der Waals surface area contributed by atoms with Gasteiger partial charge in [-0.15, -0.1) is 0 Å². The van der Waals surface area contributed by atoms with Crippen LogP contribution in [-0.4, -0.2) is 11.9 Å². The first-order chi connectivity index (χ1) is 6.02. The van der Waals surface area contributed by atoms with Gasteiger partial charge < -0.3 is 19.8 Å². The van der Waals surface area contributed by atoms with E-state index in [0.29, 0.717) is 6.42 Å². The van der Waals surface area contributed by atoms with Crippen LogP contribution in [0.2, 0.25) is 0 Å². The molecule has 4 nitrogen and oxygen atoms in total. The molecule has 3 atom stereocenters. The number of hydrogen-bond acceptors (Lipinski definition) is 4. The fourth-order valence-electron chi connectivity index (χ4n) is 1.55. The molecule has 0 amide bonds. The van der Waals surface area contributed by atoms with Crippen LogP contribution in [0.15, 0.2) is 12.2 Å². The van der Waals surface area contributed by atoms with Crippen molar-refractivity contribution in [3.05, 3.63) is 12.2 Å². The van der Waals surface area contributed by atoms with E-state index in [2.05, 4.69) is 0 Å². The molecule has 72 valence electrons. The predicted molar refractivity (Wildman–Crippen MR) is 39.9 cm³/mol. The molecule has 6 heteroatoms. The first kappa shape index (κ1) is 19.3. The summed E-state index contributed by atoms with van der Waals surface area (Å²) in [6, 6.07) is 0. The van der Waals surface area contributed by atoms with Crippen LogP contribution in [0, 0.1) is 17.8 Å². The second-order valence-corrected chi connectivity index (χ2v) is 3.37. The summed E-state index contributed by atoms with van der Waals surface area (Å²) < 4.78 is 0. The molecule has 0 N–H and O–H groups in total. The Kier molecular flexibility index (Phi) is 11.5. The van der Waals surface area contributed by atoms with Crippen molar-refractivity contribution < 1.29 is 123 Å². The maximum absolute atomic E-state index is 10.6. The monoisotopic (exact) mass is 260 g/mol. The fraction of sp³-hybridized carbons (Fsp3) is 0.556. The van der Waals surface area contributed by atoms with Gasteiger partial charge in [0, 0.05) is 23.8 Å². The molecule has 0 aromatic rings. The zero-order valence-electron chi connectivity index (χ0n) is 9.23. The molecular formula is C9H10K2O4. The Morgan fingerprint density at radius 2 is 1.67 bits per heavy atom. The van der Waals surface area contributed by atoms with Crippen LogP contribution in [0.25, 0.3) is 0 Å². The van der Waals surface area contributed by atoms with Crippen molar-refractivity contribution in [3.8, 4) is 0 Å². The van der Waals surface area contributed by atoms with E-state index in [1.807, 2.05) is 6.92 Å². The predicted octanol–water partition coefficient (Wildman–Crippen LogP) is -7.68. The van der Waals surface area contributed by atoms with Crippen molar-refractivity contribution >= 4 is 11.9 Å². The Bertz CT molecular complexity index is 265. The van der Waals surface area contributed by atoms with Crippen LogP contribution < -0.4 is 113 Å². The minimum Gasteiger partial charge on any atom is -0.550 e. The van der Waals surface area contributed by atoms with Crippen molar-refractivity contribution in [2.45, 2.75) is 13.3 Å². The first-order valence-corrected chi connectivity index (χ1v) is 4.12. The molecule has 0 radical (unpaired) electrons. The Hall–Kier alpha value is 1.95. The molecule has 1 aliphatic rings. The van der Waals surface area contributed by atoms with Gasteiger partial charge in [-0.25, -0.2) is 0 Å². The molecular weight excluding hydrogens is 250 g/mol. The van der Waals surface area contributed by atoms with E-state index < -0.39 is 23.8 Å². The number of aliphatic carboxylic acids is 2. The van der Waals surface area contributed by atoms with Crippen LogP contribution in [0.1, 0.15) is 13.3 Å². The van der Waals surface area contributed by atoms with E-state index in [4.69, 9.17) is 0 Å². The maximum atomic E-state index is 10.6. The molecule has 0 aromatic carbocycles. The molecule has 0 saturated heterocycles. The van der Waals surface area contributed by atoms with Crippen molar-refractivity contribution in [2.24, 2.45) is 17.8 Å². The van der Waals surface area contributed by atoms with Gasteiger partial charge in [0.1, 0.15) is 0 Å². The quantitative estimate of drug-likeness (QED) is 0.365. The van der Waals surface area contributed by atoms with Gasteiger partial charge in [0.05, 0.1) is 0 Å². The van der Waals surface area contributed by atoms with Crippen LogP contribution in [-0.2, 0) is 9.59 Å². The summed E-state index contributed by atoms with van der Waals surface area (Å²) in [5.74, 6) is -4.58. The molecule has 0 aliphatic heterocycles. The second-order valence-electron chi connectivity index (χ2n) is 3.37. The Labute approximate surface area is 174 Å². The Morgan fingerprint density at radius 1 is 1.13 bits per heavy atom. The minimum atomic E-state index is -1.35. The number of carbonyl (C=O) groups excluding carboxylic acids is 2. The molecule has 0 fully saturated rings. The van der Waals surface area contributed by atoms with E-state index in [-0.39, 0.29) is 109 Å². The summed E-state index contributed by atoms with van der Waals surface area (Å²) in [6.07, 6.45) is 3.38. The smallest absolute Gasteiger partial charge is 0.550 e. The van der Waals surface area contributed by atoms with Gasteiger partial charge in [-0.1, -0.05) is 19.1 Å². The SMILES string of the molecule is CC1C=CC(C(=O)[O-])C(C(=O)[O-])C1.[K+].[K+]. The van der Waals surface area contributed by atoms with Crippen molar-refractivity contribution in [2.75, 3.05) is 0 Å². The molecule has 3 unspecified atom stereocenters. The summed E-state index contributed by atoms with van der Waals surface area (Å²) in [6.45, 7) is 1.83. The summed E-state index contributed by atoms with van der Waals surface area (Å²) in [5, 5.41) is 21.1. The molecule has 0 aromatic heterocycles. The molecule has 0 bridgehead atoms. The fourth-order valence-corrected chi connectivity index (χ4v) is 1.55. The van der Waals surface area contributed by atoms with E-state index in [1.165, 1.54) is 6.08 Å². The summed E-state index contributed by atoms with van der Waals surface area (Å²) in [5.41, 5.74) is 0. The number of allylic oxidation sites excluding steroid dienone is 1. The molecule has 15 heavy (non-hydrogen) atoms. The molecule has 0 saturated carbocycles. The van der Waals surface area contributed by atoms with Gasteiger partial charge in [-0.2, -0.15) is 0 Å². The Balaban J connectivity index is 0. The van der Waals surface area contributed by atoms with E-state index in [1.54, 1.807) is 6.08 Å². The summed E-state index contributed by atoms with van der Waals surface area (Å²) >= 11 is 0. The van der Waals surface area contributed by atoms with Gasteiger partial charge in [-0.3, -0.25) is 0 Å². The normalized spacial score (nSPS) is 28.5. The second kappa shape index (κ2) is 8.96. The van der Waals surface area contributed by atoms with Gasteiger partial charge >= 0.3 is 103 Å². The zero-order valence-corrected chi connectivity index (χ0v) is 15.5. The molecule has 0 spiro atoms. The van der Waals surface area contributed by atoms with Crippen LogP contribution >= 0.6 is 0 Å². The zero-order chi connectivity index (χ0) is 10.0. The van der Waals surface area contributed by atoms with E-state index in [0.717, 1.165) is 0 Å².